The number of phenols is 1. The molecule has 0 aliphatic carbocycles. The van der Waals surface area contributed by atoms with Gasteiger partial charge >= 0.3 is 0 Å². The van der Waals surface area contributed by atoms with Crippen LogP contribution in [0.1, 0.15) is 5.56 Å². The summed E-state index contributed by atoms with van der Waals surface area (Å²) in [6, 6.07) is 3.28. The minimum absolute atomic E-state index is 0.0101. The summed E-state index contributed by atoms with van der Waals surface area (Å²) in [6.07, 6.45) is 1.63. The van der Waals surface area contributed by atoms with Gasteiger partial charge < -0.3 is 15.2 Å². The largest absolute Gasteiger partial charge is 0.503 e. The van der Waals surface area contributed by atoms with E-state index >= 15 is 0 Å². The molecule has 1 aliphatic rings. The van der Waals surface area contributed by atoms with Gasteiger partial charge in [0.05, 0.1) is 16.5 Å². The van der Waals surface area contributed by atoms with Crippen LogP contribution in [-0.2, 0) is 4.79 Å². The van der Waals surface area contributed by atoms with Gasteiger partial charge in [-0.25, -0.2) is 0 Å². The number of hydrogen-bond donors (Lipinski definition) is 3. The van der Waals surface area contributed by atoms with Gasteiger partial charge in [0.2, 0.25) is 0 Å². The topological polar surface area (TPSA) is 82.4 Å². The highest BCUT2D eigenvalue weighted by Gasteiger charge is 2.22. The Hall–Kier alpha value is -1.47. The molecule has 3 N–H and O–H groups in total. The second-order valence-corrected chi connectivity index (χ2v) is 5.35. The molecule has 0 saturated carbocycles. The quantitative estimate of drug-likeness (QED) is 0.727. The van der Waals surface area contributed by atoms with Gasteiger partial charge in [0.15, 0.2) is 16.7 Å². The molecule has 1 aromatic rings. The van der Waals surface area contributed by atoms with Crippen molar-refractivity contribution in [3.8, 4) is 11.5 Å². The van der Waals surface area contributed by atoms with E-state index in [1.807, 2.05) is 0 Å². The van der Waals surface area contributed by atoms with Crippen molar-refractivity contribution in [2.24, 2.45) is 0 Å². The number of benzene rings is 1. The maximum Gasteiger partial charge on any atom is 0.264 e. The summed E-state index contributed by atoms with van der Waals surface area (Å²) in [6.45, 7) is 0. The van der Waals surface area contributed by atoms with Crippen LogP contribution >= 0.6 is 27.7 Å². The first-order chi connectivity index (χ1) is 8.51. The van der Waals surface area contributed by atoms with E-state index in [-0.39, 0.29) is 16.8 Å². The first-order valence-corrected chi connectivity index (χ1v) is 6.48. The third-order valence-corrected chi connectivity index (χ3v) is 3.67. The Morgan fingerprint density at radius 3 is 2.83 bits per heavy atom. The Balaban J connectivity index is 2.41. The number of rotatable bonds is 2. The third-order valence-electron chi connectivity index (χ3n) is 2.23. The number of amidine groups is 1. The highest BCUT2D eigenvalue weighted by Crippen LogP contribution is 2.36. The number of nitrogens with one attached hydrogen (secondary N) is 2. The Morgan fingerprint density at radius 1 is 1.56 bits per heavy atom. The molecule has 0 radical (unpaired) electrons. The van der Waals surface area contributed by atoms with Crippen molar-refractivity contribution >= 4 is 44.8 Å². The van der Waals surface area contributed by atoms with Crippen LogP contribution in [0.4, 0.5) is 0 Å². The summed E-state index contributed by atoms with van der Waals surface area (Å²) in [7, 11) is 1.45. The molecule has 1 aliphatic heterocycles. The van der Waals surface area contributed by atoms with E-state index in [9.17, 15) is 9.90 Å². The summed E-state index contributed by atoms with van der Waals surface area (Å²) in [5.74, 6) is 0.0267. The molecule has 1 amide bonds. The van der Waals surface area contributed by atoms with E-state index < -0.39 is 0 Å². The van der Waals surface area contributed by atoms with Gasteiger partial charge in [-0.2, -0.15) is 0 Å². The van der Waals surface area contributed by atoms with Crippen LogP contribution in [0.2, 0.25) is 0 Å². The molecule has 0 atom stereocenters. The maximum atomic E-state index is 11.5. The molecule has 7 heteroatoms. The molecule has 1 saturated heterocycles. The zero-order chi connectivity index (χ0) is 13.3. The van der Waals surface area contributed by atoms with Crippen LogP contribution in [0.15, 0.2) is 21.5 Å². The zero-order valence-corrected chi connectivity index (χ0v) is 11.7. The van der Waals surface area contributed by atoms with Gasteiger partial charge in [0.25, 0.3) is 5.91 Å². The predicted octanol–water partition coefficient (Wildman–Crippen LogP) is 2.30. The number of amides is 1. The lowest BCUT2D eigenvalue weighted by molar-refractivity contribution is -0.115. The fourth-order valence-electron chi connectivity index (χ4n) is 1.43. The smallest absolute Gasteiger partial charge is 0.264 e. The Bertz CT molecular complexity index is 572. The Morgan fingerprint density at radius 2 is 2.28 bits per heavy atom. The van der Waals surface area contributed by atoms with E-state index in [0.717, 1.165) is 11.8 Å². The molecule has 0 aromatic heterocycles. The average Bonchev–Trinajstić information content (AvgIpc) is 2.62. The van der Waals surface area contributed by atoms with Gasteiger partial charge in [0, 0.05) is 0 Å². The van der Waals surface area contributed by atoms with Crippen LogP contribution in [0.3, 0.4) is 0 Å². The fourth-order valence-corrected chi connectivity index (χ4v) is 2.59. The molecule has 1 aromatic carbocycles. The zero-order valence-electron chi connectivity index (χ0n) is 9.28. The van der Waals surface area contributed by atoms with Crippen LogP contribution in [-0.4, -0.2) is 23.3 Å². The number of phenolic OH excluding ortho intramolecular Hbond substituents is 1. The molecule has 0 spiro atoms. The number of carbonyl (C=O) groups is 1. The Kier molecular flexibility index (Phi) is 3.63. The predicted molar refractivity (Wildman–Crippen MR) is 73.8 cm³/mol. The number of halogens is 1. The SMILES string of the molecule is COc1cc(/C=C2\SC(=N)NC2=O)cc(Br)c1O. The molecule has 94 valence electrons. The van der Waals surface area contributed by atoms with Crippen molar-refractivity contribution in [3.63, 3.8) is 0 Å². The lowest BCUT2D eigenvalue weighted by Gasteiger charge is -2.06. The molecule has 1 fully saturated rings. The number of ether oxygens (including phenoxy) is 1. The van der Waals surface area contributed by atoms with E-state index in [0.29, 0.717) is 20.7 Å². The van der Waals surface area contributed by atoms with Gasteiger partial charge in [-0.05, 0) is 51.5 Å². The second kappa shape index (κ2) is 5.03. The van der Waals surface area contributed by atoms with E-state index in [1.165, 1.54) is 7.11 Å². The monoisotopic (exact) mass is 328 g/mol. The van der Waals surface area contributed by atoms with E-state index in [1.54, 1.807) is 18.2 Å². The summed E-state index contributed by atoms with van der Waals surface area (Å²) < 4.78 is 5.50. The molecule has 18 heavy (non-hydrogen) atoms. The molecular formula is C11H9BrN2O3S. The van der Waals surface area contributed by atoms with E-state index in [2.05, 4.69) is 21.2 Å². The molecule has 0 unspecified atom stereocenters. The number of thioether (sulfide) groups is 1. The van der Waals surface area contributed by atoms with Gasteiger partial charge in [0.1, 0.15) is 0 Å². The first kappa shape index (κ1) is 13.0. The van der Waals surface area contributed by atoms with Gasteiger partial charge in [-0.15, -0.1) is 0 Å². The van der Waals surface area contributed by atoms with Crippen LogP contribution in [0.25, 0.3) is 6.08 Å². The number of carbonyl (C=O) groups excluding carboxylic acids is 1. The molecular weight excluding hydrogens is 320 g/mol. The highest BCUT2D eigenvalue weighted by molar-refractivity contribution is 9.10. The summed E-state index contributed by atoms with van der Waals surface area (Å²) in [5, 5.41) is 19.5. The summed E-state index contributed by atoms with van der Waals surface area (Å²) >= 11 is 4.26. The van der Waals surface area contributed by atoms with Crippen molar-refractivity contribution in [1.82, 2.24) is 5.32 Å². The minimum atomic E-state index is -0.298. The number of aromatic hydroxyl groups is 1. The maximum absolute atomic E-state index is 11.5. The van der Waals surface area contributed by atoms with Crippen LogP contribution in [0, 0.1) is 5.41 Å². The molecule has 0 bridgehead atoms. The van der Waals surface area contributed by atoms with Crippen LogP contribution < -0.4 is 10.1 Å². The lowest BCUT2D eigenvalue weighted by atomic mass is 10.2. The number of methoxy groups -OCH3 is 1. The fraction of sp³-hybridized carbons (Fsp3) is 0.0909. The molecule has 2 rings (SSSR count). The summed E-state index contributed by atoms with van der Waals surface area (Å²) in [5.41, 5.74) is 0.698. The highest BCUT2D eigenvalue weighted by atomic mass is 79.9. The molecule has 1 heterocycles. The second-order valence-electron chi connectivity index (χ2n) is 3.45. The van der Waals surface area contributed by atoms with Crippen molar-refractivity contribution in [2.45, 2.75) is 0 Å². The summed E-state index contributed by atoms with van der Waals surface area (Å²) in [4.78, 5) is 11.9. The van der Waals surface area contributed by atoms with Crippen molar-refractivity contribution in [2.75, 3.05) is 7.11 Å². The normalized spacial score (nSPS) is 17.1. The average molecular weight is 329 g/mol. The van der Waals surface area contributed by atoms with Gasteiger partial charge in [-0.1, -0.05) is 0 Å². The Labute approximate surface area is 116 Å². The first-order valence-electron chi connectivity index (χ1n) is 4.87. The van der Waals surface area contributed by atoms with Gasteiger partial charge in [-0.3, -0.25) is 10.2 Å². The van der Waals surface area contributed by atoms with Crippen molar-refractivity contribution < 1.29 is 14.6 Å². The van der Waals surface area contributed by atoms with E-state index in [4.69, 9.17) is 10.1 Å². The minimum Gasteiger partial charge on any atom is -0.503 e. The third kappa shape index (κ3) is 2.51. The molecule has 5 nitrogen and oxygen atoms in total. The number of hydrogen-bond acceptors (Lipinski definition) is 5. The standard InChI is InChI=1S/C11H9BrN2O3S/c1-17-7-3-5(2-6(12)9(7)15)4-8-10(16)14-11(13)18-8/h2-4,15H,1H3,(H2,13,14,16)/b8-4-. The van der Waals surface area contributed by atoms with Crippen molar-refractivity contribution in [1.29, 1.82) is 5.41 Å². The van der Waals surface area contributed by atoms with Crippen molar-refractivity contribution in [3.05, 3.63) is 27.1 Å². The lowest BCUT2D eigenvalue weighted by Crippen LogP contribution is -2.18. The van der Waals surface area contributed by atoms with Crippen LogP contribution in [0.5, 0.6) is 11.5 Å².